The fourth-order valence-electron chi connectivity index (χ4n) is 3.15. The molecule has 0 unspecified atom stereocenters. The number of aromatic nitrogens is 2. The zero-order valence-electron chi connectivity index (χ0n) is 16.4. The van der Waals surface area contributed by atoms with Crippen molar-refractivity contribution in [1.29, 1.82) is 0 Å². The number of fused-ring (bicyclic) bond motifs is 1. The maximum atomic E-state index is 13.4. The minimum atomic E-state index is -0.438. The van der Waals surface area contributed by atoms with Gasteiger partial charge >= 0.3 is 0 Å². The molecule has 1 aromatic heterocycles. The monoisotopic (exact) mass is 453 g/mol. The van der Waals surface area contributed by atoms with Crippen molar-refractivity contribution in [3.05, 3.63) is 93.5 Å². The van der Waals surface area contributed by atoms with Crippen molar-refractivity contribution in [2.75, 3.05) is 11.1 Å². The molecule has 4 aromatic rings. The summed E-state index contributed by atoms with van der Waals surface area (Å²) in [5.41, 5.74) is 1.99. The van der Waals surface area contributed by atoms with Gasteiger partial charge in [-0.3, -0.25) is 14.2 Å². The number of hydrogen-bond donors (Lipinski definition) is 1. The molecular formula is C23H17ClFN3O2S. The third kappa shape index (κ3) is 4.47. The Labute approximate surface area is 186 Å². The van der Waals surface area contributed by atoms with Gasteiger partial charge in [-0.15, -0.1) is 0 Å². The van der Waals surface area contributed by atoms with E-state index in [-0.39, 0.29) is 17.2 Å². The number of benzene rings is 3. The molecule has 8 heteroatoms. The van der Waals surface area contributed by atoms with E-state index >= 15 is 0 Å². The molecular weight excluding hydrogens is 437 g/mol. The Balaban J connectivity index is 1.72. The van der Waals surface area contributed by atoms with Crippen LogP contribution in [0.1, 0.15) is 5.56 Å². The molecule has 4 rings (SSSR count). The van der Waals surface area contributed by atoms with E-state index < -0.39 is 5.82 Å². The van der Waals surface area contributed by atoms with Crippen molar-refractivity contribution in [1.82, 2.24) is 9.55 Å². The number of nitrogens with one attached hydrogen (secondary N) is 1. The van der Waals surface area contributed by atoms with Gasteiger partial charge in [0, 0.05) is 10.7 Å². The van der Waals surface area contributed by atoms with Crippen LogP contribution < -0.4 is 10.9 Å². The summed E-state index contributed by atoms with van der Waals surface area (Å²) in [6.45, 7) is 1.82. The van der Waals surface area contributed by atoms with Crippen molar-refractivity contribution >= 4 is 45.9 Å². The lowest BCUT2D eigenvalue weighted by atomic mass is 10.2. The summed E-state index contributed by atoms with van der Waals surface area (Å²) in [7, 11) is 0. The first-order chi connectivity index (χ1) is 14.9. The van der Waals surface area contributed by atoms with Gasteiger partial charge in [0.1, 0.15) is 5.82 Å². The average Bonchev–Trinajstić information content (AvgIpc) is 2.75. The van der Waals surface area contributed by atoms with Crippen LogP contribution in [0.2, 0.25) is 5.02 Å². The first kappa shape index (κ1) is 21.1. The molecule has 5 nitrogen and oxygen atoms in total. The van der Waals surface area contributed by atoms with Gasteiger partial charge in [-0.05, 0) is 55.0 Å². The van der Waals surface area contributed by atoms with Crippen molar-refractivity contribution in [2.24, 2.45) is 0 Å². The molecule has 0 spiro atoms. The number of carbonyl (C=O) groups excluding carboxylic acids is 1. The second kappa shape index (κ2) is 8.91. The molecule has 3 aromatic carbocycles. The summed E-state index contributed by atoms with van der Waals surface area (Å²) in [6.07, 6.45) is 0. The molecule has 0 bridgehead atoms. The van der Waals surface area contributed by atoms with Crippen molar-refractivity contribution in [3.8, 4) is 5.69 Å². The van der Waals surface area contributed by atoms with E-state index in [2.05, 4.69) is 10.3 Å². The van der Waals surface area contributed by atoms with Crippen molar-refractivity contribution < 1.29 is 9.18 Å². The maximum absolute atomic E-state index is 13.4. The number of nitrogens with zero attached hydrogens (tertiary/aromatic N) is 2. The summed E-state index contributed by atoms with van der Waals surface area (Å²) < 4.78 is 14.8. The van der Waals surface area contributed by atoms with E-state index in [0.717, 1.165) is 17.3 Å². The van der Waals surface area contributed by atoms with Crippen LogP contribution in [0.3, 0.4) is 0 Å². The lowest BCUT2D eigenvalue weighted by Crippen LogP contribution is -2.23. The summed E-state index contributed by atoms with van der Waals surface area (Å²) >= 11 is 7.40. The highest BCUT2D eigenvalue weighted by molar-refractivity contribution is 7.99. The molecule has 0 aliphatic carbocycles. The normalized spacial score (nSPS) is 10.9. The van der Waals surface area contributed by atoms with Gasteiger partial charge in [-0.2, -0.15) is 0 Å². The number of hydrogen-bond acceptors (Lipinski definition) is 4. The van der Waals surface area contributed by atoms with Crippen LogP contribution >= 0.6 is 23.4 Å². The fraction of sp³-hybridized carbons (Fsp3) is 0.0870. The Morgan fingerprint density at radius 2 is 1.90 bits per heavy atom. The van der Waals surface area contributed by atoms with Gasteiger partial charge in [-0.1, -0.05) is 47.6 Å². The highest BCUT2D eigenvalue weighted by Gasteiger charge is 2.17. The lowest BCUT2D eigenvalue weighted by Gasteiger charge is -2.15. The van der Waals surface area contributed by atoms with Crippen LogP contribution in [-0.2, 0) is 4.79 Å². The largest absolute Gasteiger partial charge is 0.325 e. The average molecular weight is 454 g/mol. The number of amides is 1. The van der Waals surface area contributed by atoms with Gasteiger partial charge in [0.15, 0.2) is 5.16 Å². The van der Waals surface area contributed by atoms with Crippen LogP contribution in [0.5, 0.6) is 0 Å². The van der Waals surface area contributed by atoms with Crippen molar-refractivity contribution in [3.63, 3.8) is 0 Å². The first-order valence-electron chi connectivity index (χ1n) is 9.39. The van der Waals surface area contributed by atoms with Crippen LogP contribution in [0.25, 0.3) is 16.6 Å². The standard InChI is InChI=1S/C23H17ClFN3O2S/c1-14-18(24)9-5-11-20(14)28-22(30)17-8-2-3-10-19(17)27-23(28)31-13-21(29)26-16-7-4-6-15(25)12-16/h2-12H,13H2,1H3,(H,26,29). The van der Waals surface area contributed by atoms with Gasteiger partial charge in [0.2, 0.25) is 5.91 Å². The number of rotatable bonds is 5. The minimum Gasteiger partial charge on any atom is -0.325 e. The topological polar surface area (TPSA) is 64.0 Å². The molecule has 0 fully saturated rings. The molecule has 1 heterocycles. The Morgan fingerprint density at radius 1 is 1.13 bits per heavy atom. The van der Waals surface area contributed by atoms with Crippen molar-refractivity contribution in [2.45, 2.75) is 12.1 Å². The smallest absolute Gasteiger partial charge is 0.266 e. The third-order valence-electron chi connectivity index (χ3n) is 4.67. The number of thioether (sulfide) groups is 1. The Morgan fingerprint density at radius 3 is 2.71 bits per heavy atom. The second-order valence-corrected chi connectivity index (χ2v) is 8.13. The van der Waals surface area contributed by atoms with E-state index in [1.165, 1.54) is 22.8 Å². The highest BCUT2D eigenvalue weighted by atomic mass is 35.5. The molecule has 156 valence electrons. The molecule has 31 heavy (non-hydrogen) atoms. The Hall–Kier alpha value is -3.16. The summed E-state index contributed by atoms with van der Waals surface area (Å²) in [4.78, 5) is 30.4. The zero-order chi connectivity index (χ0) is 22.0. The quantitative estimate of drug-likeness (QED) is 0.332. The van der Waals surface area contributed by atoms with Gasteiger partial charge in [0.25, 0.3) is 5.56 Å². The molecule has 1 amide bonds. The summed E-state index contributed by atoms with van der Waals surface area (Å²) in [5, 5.41) is 4.01. The lowest BCUT2D eigenvalue weighted by molar-refractivity contribution is -0.113. The summed E-state index contributed by atoms with van der Waals surface area (Å²) in [6, 6.07) is 18.0. The van der Waals surface area contributed by atoms with Gasteiger partial charge < -0.3 is 5.32 Å². The fourth-order valence-corrected chi connectivity index (χ4v) is 4.13. The van der Waals surface area contributed by atoms with Crippen LogP contribution in [-0.4, -0.2) is 21.2 Å². The second-order valence-electron chi connectivity index (χ2n) is 6.78. The molecule has 1 N–H and O–H groups in total. The zero-order valence-corrected chi connectivity index (χ0v) is 18.0. The van der Waals surface area contributed by atoms with E-state index in [0.29, 0.717) is 32.5 Å². The molecule has 0 saturated heterocycles. The Kier molecular flexibility index (Phi) is 6.06. The Bertz CT molecular complexity index is 1360. The number of para-hydroxylation sites is 1. The molecule has 0 aliphatic heterocycles. The molecule has 0 saturated carbocycles. The molecule has 0 radical (unpaired) electrons. The predicted octanol–water partition coefficient (Wildman–Crippen LogP) is 5.22. The number of carbonyl (C=O) groups is 1. The first-order valence-corrected chi connectivity index (χ1v) is 10.8. The summed E-state index contributed by atoms with van der Waals surface area (Å²) in [5.74, 6) is -0.791. The minimum absolute atomic E-state index is 0.0130. The molecule has 0 atom stereocenters. The SMILES string of the molecule is Cc1c(Cl)cccc1-n1c(SCC(=O)Nc2cccc(F)c2)nc2ccccc2c1=O. The van der Waals surface area contributed by atoms with E-state index in [1.54, 1.807) is 48.5 Å². The van der Waals surface area contributed by atoms with Gasteiger partial charge in [0.05, 0.1) is 22.3 Å². The van der Waals surface area contributed by atoms with Crippen LogP contribution in [0.4, 0.5) is 10.1 Å². The van der Waals surface area contributed by atoms with Gasteiger partial charge in [-0.25, -0.2) is 9.37 Å². The van der Waals surface area contributed by atoms with Crippen LogP contribution in [0.15, 0.2) is 76.7 Å². The predicted molar refractivity (Wildman–Crippen MR) is 123 cm³/mol. The third-order valence-corrected chi connectivity index (χ3v) is 6.01. The van der Waals surface area contributed by atoms with E-state index in [1.807, 2.05) is 6.92 Å². The number of anilines is 1. The number of halogens is 2. The van der Waals surface area contributed by atoms with Crippen LogP contribution in [0, 0.1) is 12.7 Å². The maximum Gasteiger partial charge on any atom is 0.266 e. The van der Waals surface area contributed by atoms with E-state index in [9.17, 15) is 14.0 Å². The highest BCUT2D eigenvalue weighted by Crippen LogP contribution is 2.26. The molecule has 0 aliphatic rings. The van der Waals surface area contributed by atoms with E-state index in [4.69, 9.17) is 11.6 Å².